The Kier molecular flexibility index (Phi) is 5.69. The Morgan fingerprint density at radius 1 is 0.762 bits per heavy atom. The molecule has 0 spiro atoms. The number of para-hydroxylation sites is 1. The van der Waals surface area contributed by atoms with E-state index in [1.165, 1.54) is 0 Å². The van der Waals surface area contributed by atoms with Crippen LogP contribution in [0.2, 0.25) is 0 Å². The van der Waals surface area contributed by atoms with Crippen LogP contribution < -0.4 is 23.6 Å². The molecule has 0 bridgehead atoms. The third-order valence-electron chi connectivity index (χ3n) is 3.13. The van der Waals surface area contributed by atoms with E-state index < -0.39 is 0 Å². The van der Waals surface area contributed by atoms with Crippen molar-refractivity contribution < 1.29 is 23.6 Å². The Hall–Kier alpha value is -1.94. The van der Waals surface area contributed by atoms with Crippen molar-refractivity contribution >= 4 is 0 Å². The van der Waals surface area contributed by atoms with E-state index in [9.17, 15) is 0 Å². The van der Waals surface area contributed by atoms with Gasteiger partial charge in [-0.3, -0.25) is 0 Å². The predicted molar refractivity (Wildman–Crippen MR) is 81.5 cm³/mol. The van der Waals surface area contributed by atoms with Crippen molar-refractivity contribution in [3.05, 3.63) is 90.5 Å². The van der Waals surface area contributed by atoms with Crippen LogP contribution >= 0.6 is 0 Å². The zero-order chi connectivity index (χ0) is 13.6. The minimum Gasteiger partial charge on any atom is -0.514 e. The van der Waals surface area contributed by atoms with Gasteiger partial charge >= 0.3 is 18.9 Å². The largest absolute Gasteiger partial charge is 1.00 e. The summed E-state index contributed by atoms with van der Waals surface area (Å²) in [5, 5.41) is 0. The van der Waals surface area contributed by atoms with E-state index >= 15 is 0 Å². The molecule has 3 aromatic carbocycles. The van der Waals surface area contributed by atoms with Crippen molar-refractivity contribution in [1.82, 2.24) is 0 Å². The smallest absolute Gasteiger partial charge is 0.514 e. The first-order chi connectivity index (χ1) is 9.93. The second-order valence-electron chi connectivity index (χ2n) is 4.55. The average molecular weight is 266 g/mol. The number of ether oxygens (including phenoxy) is 1. The zero-order valence-electron chi connectivity index (χ0n) is 12.1. The Balaban J connectivity index is 0.00000161. The topological polar surface area (TPSA) is 9.23 Å². The Morgan fingerprint density at radius 2 is 1.43 bits per heavy atom. The maximum absolute atomic E-state index is 5.92. The fourth-order valence-corrected chi connectivity index (χ4v) is 2.12. The van der Waals surface area contributed by atoms with Crippen LogP contribution in [0, 0.1) is 6.07 Å². The van der Waals surface area contributed by atoms with Gasteiger partial charge in [0.2, 0.25) is 0 Å². The van der Waals surface area contributed by atoms with Crippen LogP contribution in [0.3, 0.4) is 0 Å². The first-order valence-corrected chi connectivity index (χ1v) is 6.66. The number of hydrogen-bond donors (Lipinski definition) is 0. The van der Waals surface area contributed by atoms with Crippen molar-refractivity contribution in [2.24, 2.45) is 0 Å². The molecule has 0 aliphatic heterocycles. The van der Waals surface area contributed by atoms with Crippen LogP contribution in [0.15, 0.2) is 78.9 Å². The maximum atomic E-state index is 5.92. The van der Waals surface area contributed by atoms with Gasteiger partial charge in [-0.05, 0) is 5.56 Å². The zero-order valence-corrected chi connectivity index (χ0v) is 12.1. The third-order valence-corrected chi connectivity index (χ3v) is 3.13. The Bertz CT molecular complexity index is 665. The molecule has 0 aromatic heterocycles. The molecule has 0 heterocycles. The summed E-state index contributed by atoms with van der Waals surface area (Å²) < 4.78 is 5.92. The molecule has 0 N–H and O–H groups in total. The average Bonchev–Trinajstić information content (AvgIpc) is 2.55. The Labute approximate surface area is 137 Å². The molecular weight excluding hydrogens is 251 g/mol. The molecule has 0 unspecified atom stereocenters. The van der Waals surface area contributed by atoms with E-state index in [0.29, 0.717) is 6.61 Å². The van der Waals surface area contributed by atoms with E-state index in [1.54, 1.807) is 0 Å². The first-order valence-electron chi connectivity index (χ1n) is 6.66. The molecule has 0 fully saturated rings. The standard InChI is InChI=1S/C19H15O.Li/c1-3-9-16(10-4-1)15-20-19-14-8-7-13-18(19)17-11-5-2-6-12-17;/h1-13H,15H2;/q-1;+1. The molecular formula is C19H15LiO. The summed E-state index contributed by atoms with van der Waals surface area (Å²) in [5.74, 6) is 0.794. The van der Waals surface area contributed by atoms with Crippen LogP contribution in [0.25, 0.3) is 11.1 Å². The molecule has 0 aliphatic carbocycles. The van der Waals surface area contributed by atoms with Gasteiger partial charge in [-0.25, -0.2) is 0 Å². The van der Waals surface area contributed by atoms with Gasteiger partial charge in [0.15, 0.2) is 0 Å². The number of rotatable bonds is 4. The summed E-state index contributed by atoms with van der Waals surface area (Å²) in [6, 6.07) is 29.5. The van der Waals surface area contributed by atoms with Gasteiger partial charge in [-0.2, -0.15) is 18.2 Å². The second kappa shape index (κ2) is 7.74. The van der Waals surface area contributed by atoms with Crippen molar-refractivity contribution in [3.63, 3.8) is 0 Å². The van der Waals surface area contributed by atoms with Crippen LogP contribution in [0.1, 0.15) is 5.56 Å². The molecule has 21 heavy (non-hydrogen) atoms. The van der Waals surface area contributed by atoms with Crippen LogP contribution in [-0.2, 0) is 6.61 Å². The van der Waals surface area contributed by atoms with Crippen LogP contribution in [0.4, 0.5) is 0 Å². The predicted octanol–water partition coefficient (Wildman–Crippen LogP) is 1.74. The molecule has 3 aromatic rings. The molecule has 0 radical (unpaired) electrons. The van der Waals surface area contributed by atoms with Gasteiger partial charge in [0.05, 0.1) is 0 Å². The summed E-state index contributed by atoms with van der Waals surface area (Å²) >= 11 is 0. The van der Waals surface area contributed by atoms with Gasteiger partial charge in [0, 0.05) is 5.75 Å². The monoisotopic (exact) mass is 266 g/mol. The number of hydrogen-bond acceptors (Lipinski definition) is 1. The molecule has 98 valence electrons. The maximum Gasteiger partial charge on any atom is 1.00 e. The van der Waals surface area contributed by atoms with Gasteiger partial charge in [0.1, 0.15) is 6.61 Å². The molecule has 3 rings (SSSR count). The first kappa shape index (κ1) is 15.4. The van der Waals surface area contributed by atoms with Gasteiger partial charge < -0.3 is 4.74 Å². The van der Waals surface area contributed by atoms with E-state index in [0.717, 1.165) is 22.4 Å². The summed E-state index contributed by atoms with van der Waals surface area (Å²) in [6.07, 6.45) is 0. The molecule has 1 nitrogen and oxygen atoms in total. The van der Waals surface area contributed by atoms with Crippen LogP contribution in [-0.4, -0.2) is 0 Å². The van der Waals surface area contributed by atoms with Crippen molar-refractivity contribution in [2.45, 2.75) is 6.61 Å². The summed E-state index contributed by atoms with van der Waals surface area (Å²) in [5.41, 5.74) is 3.38. The van der Waals surface area contributed by atoms with E-state index in [2.05, 4.69) is 36.4 Å². The molecule has 0 saturated carbocycles. The van der Waals surface area contributed by atoms with Gasteiger partial charge in [-0.15, -0.1) is 6.07 Å². The van der Waals surface area contributed by atoms with Crippen molar-refractivity contribution in [3.8, 4) is 16.9 Å². The summed E-state index contributed by atoms with van der Waals surface area (Å²) in [7, 11) is 0. The molecule has 0 atom stereocenters. The Morgan fingerprint density at radius 3 is 2.14 bits per heavy atom. The third kappa shape index (κ3) is 4.01. The van der Waals surface area contributed by atoms with E-state index in [1.807, 2.05) is 48.5 Å². The van der Waals surface area contributed by atoms with Crippen LogP contribution in [0.5, 0.6) is 5.75 Å². The van der Waals surface area contributed by atoms with E-state index in [-0.39, 0.29) is 18.9 Å². The minimum absolute atomic E-state index is 0. The molecule has 0 saturated heterocycles. The number of benzene rings is 3. The second-order valence-corrected chi connectivity index (χ2v) is 4.55. The molecule has 0 aliphatic rings. The molecule has 0 amide bonds. The van der Waals surface area contributed by atoms with Gasteiger partial charge in [0.25, 0.3) is 0 Å². The fourth-order valence-electron chi connectivity index (χ4n) is 2.12. The van der Waals surface area contributed by atoms with Crippen molar-refractivity contribution in [1.29, 1.82) is 0 Å². The summed E-state index contributed by atoms with van der Waals surface area (Å²) in [6.45, 7) is 0.557. The molecule has 2 heteroatoms. The normalized spacial score (nSPS) is 9.71. The van der Waals surface area contributed by atoms with Crippen molar-refractivity contribution in [2.75, 3.05) is 0 Å². The quantitative estimate of drug-likeness (QED) is 0.516. The van der Waals surface area contributed by atoms with Gasteiger partial charge in [-0.1, -0.05) is 71.8 Å². The van der Waals surface area contributed by atoms with E-state index in [4.69, 9.17) is 4.74 Å². The summed E-state index contributed by atoms with van der Waals surface area (Å²) in [4.78, 5) is 0. The fraction of sp³-hybridized carbons (Fsp3) is 0.0526. The minimum atomic E-state index is 0. The SMILES string of the molecule is [Li+].[c-]1cccc(-c2ccccc2)c1OCc1ccccc1.